The van der Waals surface area contributed by atoms with Crippen LogP contribution in [-0.4, -0.2) is 16.6 Å². The Hall–Kier alpha value is -3.28. The molecular formula is C21H18N2O4. The average Bonchev–Trinajstić information content (AvgIpc) is 2.67. The van der Waals surface area contributed by atoms with Crippen LogP contribution in [0.1, 0.15) is 42.2 Å². The Bertz CT molecular complexity index is 948. The topological polar surface area (TPSA) is 89.3 Å². The Labute approximate surface area is 156 Å². The molecular weight excluding hydrogens is 344 g/mol. The van der Waals surface area contributed by atoms with Crippen LogP contribution in [-0.2, 0) is 9.59 Å². The summed E-state index contributed by atoms with van der Waals surface area (Å²) in [5.41, 5.74) is 3.18. The van der Waals surface area contributed by atoms with Crippen molar-refractivity contribution in [2.45, 2.75) is 31.1 Å². The molecule has 1 aliphatic heterocycles. The van der Waals surface area contributed by atoms with E-state index < -0.39 is 4.92 Å². The van der Waals surface area contributed by atoms with Crippen LogP contribution in [0, 0.1) is 10.1 Å². The van der Waals surface area contributed by atoms with Crippen molar-refractivity contribution in [1.82, 2.24) is 5.32 Å². The van der Waals surface area contributed by atoms with Crippen LogP contribution < -0.4 is 5.32 Å². The van der Waals surface area contributed by atoms with Gasteiger partial charge in [-0.15, -0.1) is 0 Å². The molecule has 0 saturated heterocycles. The first-order valence-corrected chi connectivity index (χ1v) is 8.88. The number of amides is 1. The minimum Gasteiger partial charge on any atom is -0.329 e. The molecule has 0 spiro atoms. The van der Waals surface area contributed by atoms with Crippen LogP contribution in [0.5, 0.6) is 0 Å². The van der Waals surface area contributed by atoms with E-state index in [2.05, 4.69) is 5.32 Å². The largest absolute Gasteiger partial charge is 0.329 e. The molecule has 27 heavy (non-hydrogen) atoms. The smallest absolute Gasteiger partial charge is 0.269 e. The van der Waals surface area contributed by atoms with Gasteiger partial charge in [-0.3, -0.25) is 19.7 Å². The zero-order valence-electron chi connectivity index (χ0n) is 14.6. The molecule has 1 aliphatic carbocycles. The molecule has 0 bridgehead atoms. The van der Waals surface area contributed by atoms with Crippen LogP contribution >= 0.6 is 0 Å². The van der Waals surface area contributed by atoms with Crippen LogP contribution in [0.2, 0.25) is 0 Å². The van der Waals surface area contributed by atoms with Crippen LogP contribution in [0.4, 0.5) is 5.69 Å². The van der Waals surface area contributed by atoms with E-state index in [0.717, 1.165) is 11.1 Å². The van der Waals surface area contributed by atoms with E-state index in [4.69, 9.17) is 0 Å². The predicted octanol–water partition coefficient (Wildman–Crippen LogP) is 3.60. The summed E-state index contributed by atoms with van der Waals surface area (Å²) in [5, 5.41) is 13.8. The Morgan fingerprint density at radius 2 is 1.59 bits per heavy atom. The van der Waals surface area contributed by atoms with E-state index >= 15 is 0 Å². The highest BCUT2D eigenvalue weighted by Gasteiger charge is 2.38. The Balaban J connectivity index is 1.69. The van der Waals surface area contributed by atoms with Gasteiger partial charge in [0.1, 0.15) is 0 Å². The van der Waals surface area contributed by atoms with E-state index in [0.29, 0.717) is 24.1 Å². The standard InChI is InChI=1S/C21H18N2O4/c24-19-11-15(13-4-2-1-3-5-13)10-18-21(19)17(12-20(25)22-18)14-6-8-16(9-7-14)23(26)27/h1-9,15,17H,10-12H2,(H,22,25). The zero-order chi connectivity index (χ0) is 19.0. The van der Waals surface area contributed by atoms with Crippen LogP contribution in [0.15, 0.2) is 65.9 Å². The van der Waals surface area contributed by atoms with Gasteiger partial charge in [-0.05, 0) is 23.5 Å². The normalized spacial score (nSPS) is 22.2. The lowest BCUT2D eigenvalue weighted by Gasteiger charge is -2.34. The number of ketones is 1. The highest BCUT2D eigenvalue weighted by Crippen LogP contribution is 2.42. The van der Waals surface area contributed by atoms with Gasteiger partial charge in [0.15, 0.2) is 5.78 Å². The van der Waals surface area contributed by atoms with E-state index in [-0.39, 0.29) is 35.6 Å². The molecule has 0 fully saturated rings. The monoisotopic (exact) mass is 362 g/mol. The number of Topliss-reactive ketones (excluding diaryl/α,β-unsaturated/α-hetero) is 1. The van der Waals surface area contributed by atoms with E-state index in [1.165, 1.54) is 12.1 Å². The van der Waals surface area contributed by atoms with Gasteiger partial charge in [0.25, 0.3) is 5.69 Å². The minimum absolute atomic E-state index is 0.00711. The second-order valence-electron chi connectivity index (χ2n) is 6.98. The molecule has 2 aromatic rings. The number of nitro groups is 1. The summed E-state index contributed by atoms with van der Waals surface area (Å²) in [7, 11) is 0. The molecule has 0 aromatic heterocycles. The van der Waals surface area contributed by atoms with Crippen molar-refractivity contribution in [3.05, 3.63) is 87.1 Å². The number of allylic oxidation sites excluding steroid dienone is 2. The molecule has 2 atom stereocenters. The van der Waals surface area contributed by atoms with Crippen molar-refractivity contribution in [2.75, 3.05) is 0 Å². The number of non-ortho nitro benzene ring substituents is 1. The average molecular weight is 362 g/mol. The Morgan fingerprint density at radius 3 is 2.26 bits per heavy atom. The summed E-state index contributed by atoms with van der Waals surface area (Å²) < 4.78 is 0. The van der Waals surface area contributed by atoms with Crippen molar-refractivity contribution in [3.8, 4) is 0 Å². The van der Waals surface area contributed by atoms with Crippen LogP contribution in [0.25, 0.3) is 0 Å². The maximum atomic E-state index is 13.0. The molecule has 1 heterocycles. The minimum atomic E-state index is -0.460. The first-order chi connectivity index (χ1) is 13.0. The maximum Gasteiger partial charge on any atom is 0.269 e. The lowest BCUT2D eigenvalue weighted by atomic mass is 9.73. The molecule has 2 unspecified atom stereocenters. The van der Waals surface area contributed by atoms with E-state index in [1.807, 2.05) is 30.3 Å². The van der Waals surface area contributed by atoms with Gasteiger partial charge in [-0.25, -0.2) is 0 Å². The second-order valence-corrected chi connectivity index (χ2v) is 6.98. The third-order valence-electron chi connectivity index (χ3n) is 5.31. The Morgan fingerprint density at radius 1 is 0.889 bits per heavy atom. The molecule has 136 valence electrons. The molecule has 2 aliphatic rings. The molecule has 6 heteroatoms. The number of nitro benzene ring substituents is 1. The number of carbonyl (C=O) groups is 2. The lowest BCUT2D eigenvalue weighted by Crippen LogP contribution is -2.38. The van der Waals surface area contributed by atoms with Crippen molar-refractivity contribution < 1.29 is 14.5 Å². The van der Waals surface area contributed by atoms with Gasteiger partial charge in [0.2, 0.25) is 5.91 Å². The predicted molar refractivity (Wildman–Crippen MR) is 99.0 cm³/mol. The number of nitrogens with one attached hydrogen (secondary N) is 1. The summed E-state index contributed by atoms with van der Waals surface area (Å²) in [6.07, 6.45) is 1.20. The van der Waals surface area contributed by atoms with Crippen LogP contribution in [0.3, 0.4) is 0 Å². The fourth-order valence-corrected chi connectivity index (χ4v) is 4.03. The third-order valence-corrected chi connectivity index (χ3v) is 5.31. The Kier molecular flexibility index (Phi) is 4.32. The summed E-state index contributed by atoms with van der Waals surface area (Å²) in [6.45, 7) is 0. The van der Waals surface area contributed by atoms with Gasteiger partial charge in [0, 0.05) is 42.2 Å². The molecule has 4 rings (SSSR count). The molecule has 0 saturated carbocycles. The molecule has 0 radical (unpaired) electrons. The van der Waals surface area contributed by atoms with Gasteiger partial charge < -0.3 is 5.32 Å². The van der Waals surface area contributed by atoms with Gasteiger partial charge in [-0.2, -0.15) is 0 Å². The van der Waals surface area contributed by atoms with Crippen molar-refractivity contribution in [2.24, 2.45) is 0 Å². The fourth-order valence-electron chi connectivity index (χ4n) is 4.03. The third kappa shape index (κ3) is 3.26. The van der Waals surface area contributed by atoms with E-state index in [9.17, 15) is 19.7 Å². The lowest BCUT2D eigenvalue weighted by molar-refractivity contribution is -0.384. The SMILES string of the molecule is O=C1CC(c2ccc([N+](=O)[O-])cc2)C2=C(CC(c3ccccc3)CC2=O)N1. The highest BCUT2D eigenvalue weighted by molar-refractivity contribution is 6.02. The van der Waals surface area contributed by atoms with Gasteiger partial charge in [0.05, 0.1) is 4.92 Å². The summed E-state index contributed by atoms with van der Waals surface area (Å²) in [6, 6.07) is 16.0. The number of carbonyl (C=O) groups excluding carboxylic acids is 2. The van der Waals surface area contributed by atoms with Crippen molar-refractivity contribution in [3.63, 3.8) is 0 Å². The molecule has 2 aromatic carbocycles. The number of benzene rings is 2. The first-order valence-electron chi connectivity index (χ1n) is 8.88. The fraction of sp³-hybridized carbons (Fsp3) is 0.238. The number of hydrogen-bond donors (Lipinski definition) is 1. The van der Waals surface area contributed by atoms with E-state index in [1.54, 1.807) is 12.1 Å². The number of nitrogens with zero attached hydrogens (tertiary/aromatic N) is 1. The zero-order valence-corrected chi connectivity index (χ0v) is 14.6. The summed E-state index contributed by atoms with van der Waals surface area (Å²) >= 11 is 0. The maximum absolute atomic E-state index is 13.0. The molecule has 1 N–H and O–H groups in total. The molecule has 1 amide bonds. The second kappa shape index (κ2) is 6.79. The van der Waals surface area contributed by atoms with Gasteiger partial charge in [-0.1, -0.05) is 42.5 Å². The summed E-state index contributed by atoms with van der Waals surface area (Å²) in [4.78, 5) is 35.6. The quantitative estimate of drug-likeness (QED) is 0.667. The molecule has 6 nitrogen and oxygen atoms in total. The van der Waals surface area contributed by atoms with Crippen molar-refractivity contribution >= 4 is 17.4 Å². The number of hydrogen-bond acceptors (Lipinski definition) is 4. The highest BCUT2D eigenvalue weighted by atomic mass is 16.6. The van der Waals surface area contributed by atoms with Crippen molar-refractivity contribution in [1.29, 1.82) is 0 Å². The first kappa shape index (κ1) is 17.1. The summed E-state index contributed by atoms with van der Waals surface area (Å²) in [5.74, 6) is -0.390. The number of rotatable bonds is 3. The van der Waals surface area contributed by atoms with Gasteiger partial charge >= 0.3 is 0 Å².